The van der Waals surface area contributed by atoms with Gasteiger partial charge in [0.2, 0.25) is 0 Å². The van der Waals surface area contributed by atoms with Gasteiger partial charge in [-0.05, 0) is 34.9 Å². The Labute approximate surface area is 234 Å². The molecule has 0 unspecified atom stereocenters. The lowest BCUT2D eigenvalue weighted by molar-refractivity contribution is 0.461. The Balaban J connectivity index is 1.41. The number of benzene rings is 4. The van der Waals surface area contributed by atoms with Gasteiger partial charge in [-0.2, -0.15) is 5.10 Å². The number of rotatable bonds is 6. The first-order valence-corrected chi connectivity index (χ1v) is 13.7. The summed E-state index contributed by atoms with van der Waals surface area (Å²) in [7, 11) is 0. The van der Waals surface area contributed by atoms with Crippen LogP contribution >= 0.6 is 0 Å². The maximum atomic E-state index is 5.28. The lowest BCUT2D eigenvalue weighted by Crippen LogP contribution is -2.40. The Morgan fingerprint density at radius 3 is 1.82 bits per heavy atom. The number of hydrogen-bond acceptors (Lipinski definition) is 4. The van der Waals surface area contributed by atoms with E-state index < -0.39 is 5.54 Å². The molecule has 40 heavy (non-hydrogen) atoms. The van der Waals surface area contributed by atoms with E-state index in [0.29, 0.717) is 0 Å². The molecule has 0 spiro atoms. The van der Waals surface area contributed by atoms with Gasteiger partial charge in [-0.15, -0.1) is 0 Å². The summed E-state index contributed by atoms with van der Waals surface area (Å²) in [6, 6.07) is 40.3. The fourth-order valence-electron chi connectivity index (χ4n) is 5.87. The summed E-state index contributed by atoms with van der Waals surface area (Å²) in [5, 5.41) is 10.8. The van der Waals surface area contributed by atoms with Crippen molar-refractivity contribution in [1.29, 1.82) is 0 Å². The molecule has 3 heterocycles. The zero-order valence-corrected chi connectivity index (χ0v) is 22.1. The molecule has 0 aliphatic carbocycles. The molecule has 0 bridgehead atoms. The molecule has 1 aliphatic heterocycles. The zero-order chi connectivity index (χ0) is 26.8. The van der Waals surface area contributed by atoms with E-state index in [0.717, 1.165) is 70.8 Å². The molecule has 0 N–H and O–H groups in total. The van der Waals surface area contributed by atoms with Gasteiger partial charge in [0, 0.05) is 43.3 Å². The minimum Gasteiger partial charge on any atom is -0.353 e. The first-order chi connectivity index (χ1) is 19.8. The van der Waals surface area contributed by atoms with Crippen LogP contribution in [-0.2, 0) is 5.54 Å². The van der Waals surface area contributed by atoms with Crippen LogP contribution in [0.4, 0.5) is 5.82 Å². The van der Waals surface area contributed by atoms with Gasteiger partial charge in [-0.1, -0.05) is 97.1 Å². The molecule has 195 valence electrons. The van der Waals surface area contributed by atoms with E-state index in [4.69, 9.17) is 5.10 Å². The lowest BCUT2D eigenvalue weighted by Gasteiger charge is -2.36. The average molecular weight is 522 g/mol. The fourth-order valence-corrected chi connectivity index (χ4v) is 5.87. The third-order valence-electron chi connectivity index (χ3n) is 7.77. The number of hydrogen-bond donors (Lipinski definition) is 0. The summed E-state index contributed by atoms with van der Waals surface area (Å²) in [4.78, 5) is 11.5. The largest absolute Gasteiger partial charge is 0.353 e. The highest BCUT2D eigenvalue weighted by atomic mass is 15.3. The Kier molecular flexibility index (Phi) is 6.30. The molecule has 2 aromatic heterocycles. The lowest BCUT2D eigenvalue weighted by atomic mass is 9.77. The van der Waals surface area contributed by atoms with Crippen molar-refractivity contribution in [2.24, 2.45) is 0 Å². The van der Waals surface area contributed by atoms with E-state index in [2.05, 4.69) is 146 Å². The van der Waals surface area contributed by atoms with Crippen molar-refractivity contribution in [2.45, 2.75) is 5.54 Å². The van der Waals surface area contributed by atoms with Gasteiger partial charge in [0.05, 0.1) is 11.2 Å². The number of nitrogens with zero attached hydrogens (tertiary/aromatic N) is 6. The Morgan fingerprint density at radius 1 is 0.625 bits per heavy atom. The standard InChI is InChI=1S/C34H29N6/c1-4-10-27(11-5-1)34(28-12-6-2-7-13-28,29-14-8-3-9-15-29)40-21-18-31(38-40)26-16-17-32-30(24-26)33(37-25-36-32)39-22-19-35-20-23-39/h1-18,21,24-25H,19-20,22-23H2. The fraction of sp³-hybridized carbons (Fsp3) is 0.147. The Hall–Kier alpha value is -4.81. The Bertz CT molecular complexity index is 1630. The van der Waals surface area contributed by atoms with E-state index in [1.165, 1.54) is 0 Å². The smallest absolute Gasteiger partial charge is 0.139 e. The average Bonchev–Trinajstić information content (AvgIpc) is 3.53. The zero-order valence-electron chi connectivity index (χ0n) is 22.1. The van der Waals surface area contributed by atoms with Crippen LogP contribution in [0, 0.1) is 0 Å². The first kappa shape index (κ1) is 24.2. The third-order valence-corrected chi connectivity index (χ3v) is 7.77. The van der Waals surface area contributed by atoms with Gasteiger partial charge in [0.15, 0.2) is 0 Å². The number of anilines is 1. The summed E-state index contributed by atoms with van der Waals surface area (Å²) in [5.41, 5.74) is 5.66. The quantitative estimate of drug-likeness (QED) is 0.262. The molecule has 6 nitrogen and oxygen atoms in total. The van der Waals surface area contributed by atoms with Crippen molar-refractivity contribution in [3.05, 3.63) is 144 Å². The van der Waals surface area contributed by atoms with Crippen molar-refractivity contribution >= 4 is 16.7 Å². The first-order valence-electron chi connectivity index (χ1n) is 13.7. The van der Waals surface area contributed by atoms with Gasteiger partial charge in [0.1, 0.15) is 17.7 Å². The van der Waals surface area contributed by atoms with Crippen molar-refractivity contribution in [1.82, 2.24) is 25.1 Å². The Morgan fingerprint density at radius 2 is 1.23 bits per heavy atom. The molecular weight excluding hydrogens is 492 g/mol. The molecule has 0 saturated carbocycles. The molecule has 1 fully saturated rings. The van der Waals surface area contributed by atoms with Gasteiger partial charge in [-0.25, -0.2) is 15.3 Å². The second-order valence-electron chi connectivity index (χ2n) is 10.0. The van der Waals surface area contributed by atoms with Gasteiger partial charge in [-0.3, -0.25) is 4.68 Å². The molecular formula is C34H29N6. The summed E-state index contributed by atoms with van der Waals surface area (Å²) < 4.78 is 2.11. The van der Waals surface area contributed by atoms with E-state index in [-0.39, 0.29) is 0 Å². The summed E-state index contributed by atoms with van der Waals surface area (Å²) in [6.07, 6.45) is 3.76. The molecule has 4 aromatic carbocycles. The summed E-state index contributed by atoms with van der Waals surface area (Å²) >= 11 is 0. The highest BCUT2D eigenvalue weighted by Gasteiger charge is 2.39. The molecule has 6 heteroatoms. The maximum Gasteiger partial charge on any atom is 0.139 e. The molecule has 1 radical (unpaired) electrons. The molecule has 1 saturated heterocycles. The molecule has 1 aliphatic rings. The van der Waals surface area contributed by atoms with Crippen molar-refractivity contribution < 1.29 is 0 Å². The summed E-state index contributed by atoms with van der Waals surface area (Å²) in [5.74, 6) is 0.966. The monoisotopic (exact) mass is 521 g/mol. The summed E-state index contributed by atoms with van der Waals surface area (Å²) in [6.45, 7) is 3.41. The van der Waals surface area contributed by atoms with Crippen LogP contribution < -0.4 is 10.2 Å². The second-order valence-corrected chi connectivity index (χ2v) is 10.0. The third kappa shape index (κ3) is 4.14. The predicted octanol–water partition coefficient (Wildman–Crippen LogP) is 5.76. The van der Waals surface area contributed by atoms with Crippen LogP contribution in [0.3, 0.4) is 0 Å². The van der Waals surface area contributed by atoms with Crippen LogP contribution in [0.15, 0.2) is 128 Å². The normalized spacial score (nSPS) is 13.9. The van der Waals surface area contributed by atoms with Crippen LogP contribution in [0.1, 0.15) is 16.7 Å². The number of fused-ring (bicyclic) bond motifs is 1. The maximum absolute atomic E-state index is 5.28. The van der Waals surface area contributed by atoms with Crippen LogP contribution in [0.2, 0.25) is 0 Å². The van der Waals surface area contributed by atoms with Crippen molar-refractivity contribution in [2.75, 3.05) is 31.1 Å². The second kappa shape index (κ2) is 10.4. The molecule has 6 aromatic rings. The number of aromatic nitrogens is 4. The van der Waals surface area contributed by atoms with E-state index in [9.17, 15) is 0 Å². The highest BCUT2D eigenvalue weighted by Crippen LogP contribution is 2.41. The van der Waals surface area contributed by atoms with Crippen molar-refractivity contribution in [3.63, 3.8) is 0 Å². The van der Waals surface area contributed by atoms with E-state index in [1.807, 2.05) is 0 Å². The predicted molar refractivity (Wildman–Crippen MR) is 159 cm³/mol. The topological polar surface area (TPSA) is 60.9 Å². The molecule has 0 atom stereocenters. The van der Waals surface area contributed by atoms with Gasteiger partial charge < -0.3 is 4.90 Å². The van der Waals surface area contributed by atoms with Gasteiger partial charge in [0.25, 0.3) is 0 Å². The SMILES string of the molecule is c1ccc(C(c2ccccc2)(c2ccccc2)n2ccc(-c3ccc4ncnc(N5CC[N]CC5)c4c3)n2)cc1. The van der Waals surface area contributed by atoms with Crippen LogP contribution in [0.5, 0.6) is 0 Å². The highest BCUT2D eigenvalue weighted by molar-refractivity contribution is 5.92. The number of piperazine rings is 1. The van der Waals surface area contributed by atoms with Crippen molar-refractivity contribution in [3.8, 4) is 11.3 Å². The minimum atomic E-state index is -0.648. The minimum absolute atomic E-state index is 0.648. The molecule has 0 amide bonds. The van der Waals surface area contributed by atoms with Crippen LogP contribution in [0.25, 0.3) is 22.2 Å². The van der Waals surface area contributed by atoms with Crippen LogP contribution in [-0.4, -0.2) is 45.9 Å². The molecule has 7 rings (SSSR count). The van der Waals surface area contributed by atoms with Gasteiger partial charge >= 0.3 is 0 Å². The van der Waals surface area contributed by atoms with E-state index in [1.54, 1.807) is 6.33 Å². The van der Waals surface area contributed by atoms with E-state index >= 15 is 0 Å².